The van der Waals surface area contributed by atoms with Crippen LogP contribution in [0.4, 0.5) is 0 Å². The first-order valence-corrected chi connectivity index (χ1v) is 7.96. The van der Waals surface area contributed by atoms with Gasteiger partial charge in [-0.15, -0.1) is 0 Å². The van der Waals surface area contributed by atoms with E-state index in [1.54, 1.807) is 19.9 Å². The van der Waals surface area contributed by atoms with Gasteiger partial charge in [-0.3, -0.25) is 0 Å². The summed E-state index contributed by atoms with van der Waals surface area (Å²) in [5.74, 6) is 1.02. The summed E-state index contributed by atoms with van der Waals surface area (Å²) >= 11 is 0. The second-order valence-electron chi connectivity index (χ2n) is 5.33. The molecule has 0 atom stereocenters. The van der Waals surface area contributed by atoms with E-state index in [-0.39, 0.29) is 4.90 Å². The van der Waals surface area contributed by atoms with Crippen molar-refractivity contribution < 1.29 is 17.9 Å². The summed E-state index contributed by atoms with van der Waals surface area (Å²) in [6, 6.07) is 4.60. The molecule has 1 heterocycles. The van der Waals surface area contributed by atoms with Gasteiger partial charge in [0.25, 0.3) is 0 Å². The highest BCUT2D eigenvalue weighted by Gasteiger charge is 2.26. The molecule has 1 aliphatic rings. The van der Waals surface area contributed by atoms with E-state index >= 15 is 0 Å². The van der Waals surface area contributed by atoms with Crippen LogP contribution in [-0.2, 0) is 10.0 Å². The topological polar surface area (TPSA) is 90.7 Å². The molecule has 0 radical (unpaired) electrons. The highest BCUT2D eigenvalue weighted by Crippen LogP contribution is 2.32. The first-order chi connectivity index (χ1) is 9.34. The van der Waals surface area contributed by atoms with E-state index in [4.69, 9.17) is 15.2 Å². The minimum absolute atomic E-state index is 0.159. The predicted octanol–water partition coefficient (Wildman–Crippen LogP) is 0.864. The average molecular weight is 300 g/mol. The molecular weight excluding hydrogens is 280 g/mol. The van der Waals surface area contributed by atoms with Crippen molar-refractivity contribution in [1.82, 2.24) is 4.72 Å². The number of sulfonamides is 1. The van der Waals surface area contributed by atoms with Crippen LogP contribution in [0, 0.1) is 0 Å². The second kappa shape index (κ2) is 5.59. The Labute approximate surface area is 119 Å². The van der Waals surface area contributed by atoms with Gasteiger partial charge in [0, 0.05) is 11.6 Å². The van der Waals surface area contributed by atoms with Crippen molar-refractivity contribution in [2.75, 3.05) is 19.8 Å². The fourth-order valence-corrected chi connectivity index (χ4v) is 3.48. The Hall–Kier alpha value is -1.31. The molecular formula is C13H20N2O4S. The average Bonchev–Trinajstić information content (AvgIpc) is 2.36. The van der Waals surface area contributed by atoms with Crippen LogP contribution in [0.1, 0.15) is 20.3 Å². The third kappa shape index (κ3) is 3.41. The van der Waals surface area contributed by atoms with Crippen LogP contribution in [0.5, 0.6) is 11.5 Å². The third-order valence-electron chi connectivity index (χ3n) is 3.00. The number of nitrogens with one attached hydrogen (secondary N) is 1. The summed E-state index contributed by atoms with van der Waals surface area (Å²) in [5.41, 5.74) is 4.90. The minimum atomic E-state index is -3.61. The summed E-state index contributed by atoms with van der Waals surface area (Å²) in [4.78, 5) is 0.159. The first-order valence-electron chi connectivity index (χ1n) is 6.48. The molecule has 0 saturated carbocycles. The number of hydrogen-bond donors (Lipinski definition) is 2. The van der Waals surface area contributed by atoms with E-state index in [0.717, 1.165) is 0 Å². The molecule has 0 aromatic heterocycles. The van der Waals surface area contributed by atoms with E-state index in [0.29, 0.717) is 37.7 Å². The monoisotopic (exact) mass is 300 g/mol. The number of ether oxygens (including phenoxy) is 2. The van der Waals surface area contributed by atoms with Gasteiger partial charge < -0.3 is 15.2 Å². The smallest absolute Gasteiger partial charge is 0.241 e. The number of benzene rings is 1. The van der Waals surface area contributed by atoms with Gasteiger partial charge in [-0.25, -0.2) is 13.1 Å². The maximum atomic E-state index is 12.4. The Kier molecular flexibility index (Phi) is 4.22. The highest BCUT2D eigenvalue weighted by atomic mass is 32.2. The SMILES string of the molecule is CC(C)(CCN)NS(=O)(=O)c1ccc2c(c1)OCCO2. The molecule has 0 spiro atoms. The van der Waals surface area contributed by atoms with E-state index < -0.39 is 15.6 Å². The third-order valence-corrected chi connectivity index (χ3v) is 4.70. The lowest BCUT2D eigenvalue weighted by Crippen LogP contribution is -2.44. The maximum absolute atomic E-state index is 12.4. The van der Waals surface area contributed by atoms with Crippen molar-refractivity contribution in [1.29, 1.82) is 0 Å². The van der Waals surface area contributed by atoms with Crippen LogP contribution in [0.2, 0.25) is 0 Å². The van der Waals surface area contributed by atoms with Crippen molar-refractivity contribution in [2.24, 2.45) is 5.73 Å². The summed E-state index contributed by atoms with van der Waals surface area (Å²) in [7, 11) is -3.61. The zero-order chi connectivity index (χ0) is 14.8. The standard InChI is InChI=1S/C13H20N2O4S/c1-13(2,5-6-14)15-20(16,17)10-3-4-11-12(9-10)19-8-7-18-11/h3-4,9,15H,5-8,14H2,1-2H3. The Morgan fingerprint density at radius 3 is 2.55 bits per heavy atom. The van der Waals surface area contributed by atoms with Gasteiger partial charge in [0.1, 0.15) is 13.2 Å². The zero-order valence-corrected chi connectivity index (χ0v) is 12.5. The molecule has 2 rings (SSSR count). The van der Waals surface area contributed by atoms with Crippen LogP contribution in [0.3, 0.4) is 0 Å². The molecule has 1 aromatic carbocycles. The Morgan fingerprint density at radius 1 is 1.25 bits per heavy atom. The van der Waals surface area contributed by atoms with Crippen molar-refractivity contribution >= 4 is 10.0 Å². The lowest BCUT2D eigenvalue weighted by atomic mass is 10.0. The molecule has 7 heteroatoms. The maximum Gasteiger partial charge on any atom is 0.241 e. The van der Waals surface area contributed by atoms with Crippen LogP contribution in [0.15, 0.2) is 23.1 Å². The Balaban J connectivity index is 2.26. The highest BCUT2D eigenvalue weighted by molar-refractivity contribution is 7.89. The quantitative estimate of drug-likeness (QED) is 0.842. The van der Waals surface area contributed by atoms with Crippen molar-refractivity contribution in [3.05, 3.63) is 18.2 Å². The largest absolute Gasteiger partial charge is 0.486 e. The summed E-state index contributed by atoms with van der Waals surface area (Å²) in [6.07, 6.45) is 0.552. The van der Waals surface area contributed by atoms with Crippen LogP contribution < -0.4 is 19.9 Å². The predicted molar refractivity (Wildman–Crippen MR) is 75.5 cm³/mol. The van der Waals surface area contributed by atoms with Crippen molar-refractivity contribution in [3.8, 4) is 11.5 Å². The van der Waals surface area contributed by atoms with E-state index in [1.807, 2.05) is 0 Å². The fourth-order valence-electron chi connectivity index (χ4n) is 2.03. The molecule has 0 unspecified atom stereocenters. The Morgan fingerprint density at radius 2 is 1.90 bits per heavy atom. The first kappa shape index (κ1) is 15.1. The molecule has 0 aliphatic carbocycles. The van der Waals surface area contributed by atoms with Gasteiger partial charge in [0.15, 0.2) is 11.5 Å². The van der Waals surface area contributed by atoms with Crippen LogP contribution in [-0.4, -0.2) is 33.7 Å². The minimum Gasteiger partial charge on any atom is -0.486 e. The zero-order valence-electron chi connectivity index (χ0n) is 11.7. The molecule has 3 N–H and O–H groups in total. The number of fused-ring (bicyclic) bond motifs is 1. The van der Waals surface area contributed by atoms with Gasteiger partial charge in [0.2, 0.25) is 10.0 Å². The van der Waals surface area contributed by atoms with Crippen LogP contribution >= 0.6 is 0 Å². The van der Waals surface area contributed by atoms with Gasteiger partial charge in [-0.1, -0.05) is 0 Å². The molecule has 0 amide bonds. The summed E-state index contributed by atoms with van der Waals surface area (Å²) in [6.45, 7) is 4.91. The summed E-state index contributed by atoms with van der Waals surface area (Å²) in [5, 5.41) is 0. The molecule has 1 aromatic rings. The lowest BCUT2D eigenvalue weighted by Gasteiger charge is -2.26. The van der Waals surface area contributed by atoms with Crippen molar-refractivity contribution in [2.45, 2.75) is 30.7 Å². The fraction of sp³-hybridized carbons (Fsp3) is 0.538. The van der Waals surface area contributed by atoms with Gasteiger partial charge in [-0.2, -0.15) is 0 Å². The lowest BCUT2D eigenvalue weighted by molar-refractivity contribution is 0.171. The Bertz CT molecular complexity index is 584. The van der Waals surface area contributed by atoms with Gasteiger partial charge in [0.05, 0.1) is 4.90 Å². The van der Waals surface area contributed by atoms with E-state index in [2.05, 4.69) is 4.72 Å². The van der Waals surface area contributed by atoms with Gasteiger partial charge in [-0.05, 0) is 38.9 Å². The normalized spacial score (nSPS) is 15.2. The molecule has 0 bridgehead atoms. The van der Waals surface area contributed by atoms with E-state index in [9.17, 15) is 8.42 Å². The number of rotatable bonds is 5. The van der Waals surface area contributed by atoms with Crippen molar-refractivity contribution in [3.63, 3.8) is 0 Å². The second-order valence-corrected chi connectivity index (χ2v) is 7.02. The molecule has 112 valence electrons. The molecule has 6 nitrogen and oxygen atoms in total. The number of hydrogen-bond acceptors (Lipinski definition) is 5. The van der Waals surface area contributed by atoms with Crippen LogP contribution in [0.25, 0.3) is 0 Å². The van der Waals surface area contributed by atoms with Gasteiger partial charge >= 0.3 is 0 Å². The molecule has 0 fully saturated rings. The summed E-state index contributed by atoms with van der Waals surface area (Å²) < 4.78 is 38.1. The molecule has 20 heavy (non-hydrogen) atoms. The molecule has 0 saturated heterocycles. The molecule has 1 aliphatic heterocycles. The number of nitrogens with two attached hydrogens (primary N) is 1. The van der Waals surface area contributed by atoms with E-state index in [1.165, 1.54) is 12.1 Å².